The number of benzene rings is 3. The van der Waals surface area contributed by atoms with Crippen molar-refractivity contribution in [3.8, 4) is 0 Å². The lowest BCUT2D eigenvalue weighted by Gasteiger charge is -2.23. The number of carbonyl (C=O) groups excluding carboxylic acids is 1. The number of carboxylic acids is 1. The first-order valence-electron chi connectivity index (χ1n) is 10.5. The molecule has 176 valence electrons. The van der Waals surface area contributed by atoms with Crippen LogP contribution < -0.4 is 10.2 Å². The zero-order valence-corrected chi connectivity index (χ0v) is 19.4. The summed E-state index contributed by atoms with van der Waals surface area (Å²) in [5.41, 5.74) is 3.16. The molecule has 0 fully saturated rings. The number of aromatic carboxylic acids is 1. The largest absolute Gasteiger partial charge is 0.478 e. The summed E-state index contributed by atoms with van der Waals surface area (Å²) in [5, 5.41) is 11.9. The Morgan fingerprint density at radius 2 is 1.79 bits per heavy atom. The normalized spacial score (nSPS) is 13.0. The second-order valence-corrected chi connectivity index (χ2v) is 8.83. The maximum atomic E-state index is 13.0. The minimum Gasteiger partial charge on any atom is -0.478 e. The van der Waals surface area contributed by atoms with E-state index in [1.165, 1.54) is 18.2 Å². The van der Waals surface area contributed by atoms with Crippen LogP contribution in [0.4, 0.5) is 18.9 Å². The highest BCUT2D eigenvalue weighted by Gasteiger charge is 2.31. The summed E-state index contributed by atoms with van der Waals surface area (Å²) < 4.78 is 39.3. The number of alkyl halides is 3. The summed E-state index contributed by atoms with van der Waals surface area (Å²) >= 11 is 3.26. The molecule has 1 aliphatic rings. The van der Waals surface area contributed by atoms with Gasteiger partial charge in [-0.15, -0.1) is 0 Å². The van der Waals surface area contributed by atoms with Crippen LogP contribution in [0.25, 0.3) is 0 Å². The first-order chi connectivity index (χ1) is 16.1. The Kier molecular flexibility index (Phi) is 6.65. The molecule has 5 nitrogen and oxygen atoms in total. The van der Waals surface area contributed by atoms with Crippen molar-refractivity contribution in [1.29, 1.82) is 0 Å². The van der Waals surface area contributed by atoms with Gasteiger partial charge in [-0.1, -0.05) is 46.3 Å². The van der Waals surface area contributed by atoms with Gasteiger partial charge in [0.25, 0.3) is 5.91 Å². The van der Waals surface area contributed by atoms with Gasteiger partial charge in [0, 0.05) is 24.1 Å². The van der Waals surface area contributed by atoms with Gasteiger partial charge in [-0.05, 0) is 53.4 Å². The maximum absolute atomic E-state index is 13.0. The molecule has 0 bridgehead atoms. The molecule has 1 aliphatic heterocycles. The Bertz CT molecular complexity index is 1240. The van der Waals surface area contributed by atoms with Gasteiger partial charge in [0.1, 0.15) is 0 Å². The number of para-hydroxylation sites is 1. The minimum absolute atomic E-state index is 0.168. The molecule has 0 saturated heterocycles. The number of nitrogens with zero attached hydrogens (tertiary/aromatic N) is 1. The van der Waals surface area contributed by atoms with Crippen LogP contribution in [0.1, 0.15) is 43.0 Å². The molecule has 3 aromatic rings. The van der Waals surface area contributed by atoms with E-state index in [9.17, 15) is 22.8 Å². The summed E-state index contributed by atoms with van der Waals surface area (Å²) in [7, 11) is 0. The summed E-state index contributed by atoms with van der Waals surface area (Å²) in [6.07, 6.45) is -3.69. The SMILES string of the molecule is O=C(O)c1ccc(CNC(=O)c2cccc3c2N(Cc2ccc(C(F)(F)F)cc2Br)CC3)cc1. The van der Waals surface area contributed by atoms with Crippen LogP contribution >= 0.6 is 15.9 Å². The van der Waals surface area contributed by atoms with Crippen molar-refractivity contribution in [1.82, 2.24) is 5.32 Å². The molecule has 1 heterocycles. The van der Waals surface area contributed by atoms with E-state index in [4.69, 9.17) is 5.11 Å². The third-order valence-corrected chi connectivity index (χ3v) is 6.47. The van der Waals surface area contributed by atoms with E-state index in [0.717, 1.165) is 35.4 Å². The Morgan fingerprint density at radius 3 is 2.44 bits per heavy atom. The zero-order valence-electron chi connectivity index (χ0n) is 17.8. The number of anilines is 1. The number of hydrogen-bond acceptors (Lipinski definition) is 3. The number of halogens is 4. The quantitative estimate of drug-likeness (QED) is 0.429. The molecule has 2 N–H and O–H groups in total. The number of rotatable bonds is 6. The van der Waals surface area contributed by atoms with Gasteiger partial charge >= 0.3 is 12.1 Å². The van der Waals surface area contributed by atoms with Crippen LogP contribution in [0.3, 0.4) is 0 Å². The van der Waals surface area contributed by atoms with Crippen molar-refractivity contribution in [2.45, 2.75) is 25.7 Å². The highest BCUT2D eigenvalue weighted by Crippen LogP contribution is 2.36. The number of carboxylic acid groups (broad SMARTS) is 1. The summed E-state index contributed by atoms with van der Waals surface area (Å²) in [6.45, 7) is 1.23. The molecular formula is C25H20BrF3N2O3. The molecule has 0 aliphatic carbocycles. The lowest BCUT2D eigenvalue weighted by atomic mass is 10.1. The third kappa shape index (κ3) is 5.09. The fraction of sp³-hybridized carbons (Fsp3) is 0.200. The van der Waals surface area contributed by atoms with Gasteiger partial charge in [0.15, 0.2) is 0 Å². The average Bonchev–Trinajstić information content (AvgIpc) is 3.21. The van der Waals surface area contributed by atoms with E-state index >= 15 is 0 Å². The minimum atomic E-state index is -4.42. The van der Waals surface area contributed by atoms with Crippen molar-refractivity contribution < 1.29 is 27.9 Å². The summed E-state index contributed by atoms with van der Waals surface area (Å²) in [6, 6.07) is 15.3. The number of fused-ring (bicyclic) bond motifs is 1. The molecule has 0 spiro atoms. The average molecular weight is 533 g/mol. The van der Waals surface area contributed by atoms with Crippen molar-refractivity contribution in [2.75, 3.05) is 11.4 Å². The lowest BCUT2D eigenvalue weighted by molar-refractivity contribution is -0.137. The van der Waals surface area contributed by atoms with Crippen LogP contribution in [-0.2, 0) is 25.7 Å². The molecule has 0 unspecified atom stereocenters. The highest BCUT2D eigenvalue weighted by atomic mass is 79.9. The molecule has 0 atom stereocenters. The third-order valence-electron chi connectivity index (χ3n) is 5.73. The highest BCUT2D eigenvalue weighted by molar-refractivity contribution is 9.10. The van der Waals surface area contributed by atoms with Crippen molar-refractivity contribution in [3.05, 3.63) is 98.5 Å². The lowest BCUT2D eigenvalue weighted by Crippen LogP contribution is -2.27. The monoisotopic (exact) mass is 532 g/mol. The molecule has 9 heteroatoms. The van der Waals surface area contributed by atoms with Crippen LogP contribution in [0.5, 0.6) is 0 Å². The Balaban J connectivity index is 1.51. The fourth-order valence-corrected chi connectivity index (χ4v) is 4.48. The fourth-order valence-electron chi connectivity index (χ4n) is 3.98. The van der Waals surface area contributed by atoms with Crippen molar-refractivity contribution in [3.63, 3.8) is 0 Å². The van der Waals surface area contributed by atoms with Gasteiger partial charge in [0.05, 0.1) is 22.4 Å². The number of amides is 1. The molecule has 3 aromatic carbocycles. The molecular weight excluding hydrogens is 513 g/mol. The second-order valence-electron chi connectivity index (χ2n) is 7.97. The van der Waals surface area contributed by atoms with Crippen LogP contribution in [-0.4, -0.2) is 23.5 Å². The first kappa shape index (κ1) is 23.8. The molecule has 0 aromatic heterocycles. The molecule has 4 rings (SSSR count). The van der Waals surface area contributed by atoms with E-state index in [1.54, 1.807) is 18.2 Å². The van der Waals surface area contributed by atoms with Gasteiger partial charge in [-0.2, -0.15) is 13.2 Å². The molecule has 34 heavy (non-hydrogen) atoms. The van der Waals surface area contributed by atoms with E-state index < -0.39 is 17.7 Å². The van der Waals surface area contributed by atoms with Gasteiger partial charge in [-0.25, -0.2) is 4.79 Å². The van der Waals surface area contributed by atoms with E-state index in [1.807, 2.05) is 17.0 Å². The van der Waals surface area contributed by atoms with Gasteiger partial charge < -0.3 is 15.3 Å². The number of carbonyl (C=O) groups is 2. The van der Waals surface area contributed by atoms with E-state index in [-0.39, 0.29) is 18.0 Å². The Hall–Kier alpha value is -3.33. The van der Waals surface area contributed by atoms with E-state index in [2.05, 4.69) is 21.2 Å². The predicted molar refractivity (Wildman–Crippen MR) is 125 cm³/mol. The number of hydrogen-bond donors (Lipinski definition) is 2. The van der Waals surface area contributed by atoms with Crippen molar-refractivity contribution in [2.24, 2.45) is 0 Å². The van der Waals surface area contributed by atoms with Crippen molar-refractivity contribution >= 4 is 33.5 Å². The summed E-state index contributed by atoms with van der Waals surface area (Å²) in [5.74, 6) is -1.30. The Labute approximate surface area is 202 Å². The second kappa shape index (κ2) is 9.50. The van der Waals surface area contributed by atoms with Crippen LogP contribution in [0.15, 0.2) is 65.1 Å². The summed E-state index contributed by atoms with van der Waals surface area (Å²) in [4.78, 5) is 26.0. The predicted octanol–water partition coefficient (Wildman–Crippen LogP) is 5.66. The smallest absolute Gasteiger partial charge is 0.416 e. The maximum Gasteiger partial charge on any atom is 0.416 e. The van der Waals surface area contributed by atoms with Gasteiger partial charge in [-0.3, -0.25) is 4.79 Å². The Morgan fingerprint density at radius 1 is 1.06 bits per heavy atom. The molecule has 0 radical (unpaired) electrons. The van der Waals surface area contributed by atoms with Gasteiger partial charge in [0.2, 0.25) is 0 Å². The standard InChI is InChI=1S/C25H20BrF3N2O3/c26-21-12-19(25(27,28)29)9-8-18(21)14-31-11-10-16-2-1-3-20(22(16)31)23(32)30-13-15-4-6-17(7-5-15)24(33)34/h1-9,12H,10-11,13-14H2,(H,30,32)(H,33,34). The molecule has 1 amide bonds. The number of nitrogens with one attached hydrogen (secondary N) is 1. The zero-order chi connectivity index (χ0) is 24.5. The van der Waals surface area contributed by atoms with E-state index in [0.29, 0.717) is 28.7 Å². The topological polar surface area (TPSA) is 69.6 Å². The van der Waals surface area contributed by atoms with Crippen LogP contribution in [0, 0.1) is 0 Å². The van der Waals surface area contributed by atoms with Crippen LogP contribution in [0.2, 0.25) is 0 Å². The molecule has 0 saturated carbocycles. The first-order valence-corrected chi connectivity index (χ1v) is 11.3.